The molecule has 2 aromatic rings. The number of aryl methyl sites for hydroxylation is 1. The Morgan fingerprint density at radius 1 is 0.963 bits per heavy atom. The molecule has 0 aliphatic carbocycles. The summed E-state index contributed by atoms with van der Waals surface area (Å²) in [6.07, 6.45) is -1.84. The number of nitrogens with one attached hydrogen (secondary N) is 1. The van der Waals surface area contributed by atoms with Gasteiger partial charge in [0.15, 0.2) is 18.0 Å². The third-order valence-electron chi connectivity index (χ3n) is 3.86. The van der Waals surface area contributed by atoms with Crippen LogP contribution in [0.25, 0.3) is 0 Å². The Bertz CT molecular complexity index is 829. The first-order valence-corrected chi connectivity index (χ1v) is 8.62. The molecule has 1 N–H and O–H groups in total. The van der Waals surface area contributed by atoms with E-state index in [9.17, 15) is 14.4 Å². The lowest BCUT2D eigenvalue weighted by Crippen LogP contribution is -2.35. The Morgan fingerprint density at radius 2 is 1.63 bits per heavy atom. The monoisotopic (exact) mass is 369 g/mol. The van der Waals surface area contributed by atoms with Crippen molar-refractivity contribution in [2.24, 2.45) is 0 Å². The van der Waals surface area contributed by atoms with Crippen LogP contribution >= 0.6 is 0 Å². The molecular formula is C21H23NO5. The zero-order valence-electron chi connectivity index (χ0n) is 15.8. The fourth-order valence-corrected chi connectivity index (χ4v) is 2.30. The number of hydrogen-bond acceptors (Lipinski definition) is 5. The van der Waals surface area contributed by atoms with Crippen molar-refractivity contribution in [2.45, 2.75) is 39.9 Å². The van der Waals surface area contributed by atoms with Crippen LogP contribution in [0.1, 0.15) is 36.7 Å². The van der Waals surface area contributed by atoms with Crippen LogP contribution in [0.4, 0.5) is 5.69 Å². The molecular weight excluding hydrogens is 346 g/mol. The molecule has 1 amide bonds. The van der Waals surface area contributed by atoms with Gasteiger partial charge in [0.2, 0.25) is 0 Å². The van der Waals surface area contributed by atoms with E-state index in [-0.39, 0.29) is 5.78 Å². The minimum absolute atomic E-state index is 0.0576. The average Bonchev–Trinajstić information content (AvgIpc) is 2.62. The molecule has 0 aromatic heterocycles. The maximum atomic E-state index is 12.2. The van der Waals surface area contributed by atoms with Gasteiger partial charge in [0, 0.05) is 11.3 Å². The number of benzene rings is 2. The lowest BCUT2D eigenvalue weighted by atomic mass is 10.1. The van der Waals surface area contributed by atoms with Crippen molar-refractivity contribution in [3.05, 3.63) is 59.7 Å². The van der Waals surface area contributed by atoms with Crippen molar-refractivity contribution < 1.29 is 23.9 Å². The average molecular weight is 369 g/mol. The van der Waals surface area contributed by atoms with Gasteiger partial charge in [0.05, 0.1) is 0 Å². The van der Waals surface area contributed by atoms with Crippen molar-refractivity contribution in [2.75, 3.05) is 5.32 Å². The number of amides is 1. The molecule has 142 valence electrons. The summed E-state index contributed by atoms with van der Waals surface area (Å²) in [5, 5.41) is 2.64. The number of carbonyl (C=O) groups is 3. The molecule has 6 nitrogen and oxygen atoms in total. The van der Waals surface area contributed by atoms with Gasteiger partial charge in [0.25, 0.3) is 5.91 Å². The molecule has 0 spiro atoms. The molecule has 0 saturated heterocycles. The zero-order chi connectivity index (χ0) is 20.0. The Kier molecular flexibility index (Phi) is 6.71. The van der Waals surface area contributed by atoms with Gasteiger partial charge in [-0.05, 0) is 69.7 Å². The minimum atomic E-state index is -0.992. The van der Waals surface area contributed by atoms with E-state index < -0.39 is 24.1 Å². The van der Waals surface area contributed by atoms with Crippen LogP contribution in [0.2, 0.25) is 0 Å². The first-order chi connectivity index (χ1) is 12.8. The Hall–Kier alpha value is -3.15. The van der Waals surface area contributed by atoms with Crippen LogP contribution in [0.5, 0.6) is 5.75 Å². The lowest BCUT2D eigenvalue weighted by Gasteiger charge is -2.18. The molecule has 27 heavy (non-hydrogen) atoms. The van der Waals surface area contributed by atoms with E-state index >= 15 is 0 Å². The molecule has 2 atom stereocenters. The number of carbonyl (C=O) groups excluding carboxylic acids is 3. The molecule has 0 unspecified atom stereocenters. The number of ketones is 1. The van der Waals surface area contributed by atoms with Crippen molar-refractivity contribution in [1.29, 1.82) is 0 Å². The van der Waals surface area contributed by atoms with E-state index in [1.807, 2.05) is 25.1 Å². The third kappa shape index (κ3) is 5.95. The highest BCUT2D eigenvalue weighted by Crippen LogP contribution is 2.15. The van der Waals surface area contributed by atoms with Gasteiger partial charge in [-0.15, -0.1) is 0 Å². The van der Waals surface area contributed by atoms with Crippen LogP contribution < -0.4 is 10.1 Å². The molecule has 0 heterocycles. The van der Waals surface area contributed by atoms with Gasteiger partial charge in [-0.25, -0.2) is 4.79 Å². The number of rotatable bonds is 7. The summed E-state index contributed by atoms with van der Waals surface area (Å²) >= 11 is 0. The zero-order valence-corrected chi connectivity index (χ0v) is 15.8. The van der Waals surface area contributed by atoms with Crippen molar-refractivity contribution in [1.82, 2.24) is 0 Å². The Morgan fingerprint density at radius 3 is 2.22 bits per heavy atom. The molecule has 0 bridgehead atoms. The fourth-order valence-electron chi connectivity index (χ4n) is 2.30. The summed E-state index contributed by atoms with van der Waals surface area (Å²) in [7, 11) is 0. The van der Waals surface area contributed by atoms with Crippen LogP contribution in [0.3, 0.4) is 0 Å². The summed E-state index contributed by atoms with van der Waals surface area (Å²) < 4.78 is 10.7. The summed E-state index contributed by atoms with van der Waals surface area (Å²) in [6.45, 7) is 6.44. The van der Waals surface area contributed by atoms with Gasteiger partial charge in [-0.1, -0.05) is 12.1 Å². The van der Waals surface area contributed by atoms with Gasteiger partial charge >= 0.3 is 5.97 Å². The number of ether oxygens (including phenoxy) is 2. The van der Waals surface area contributed by atoms with E-state index in [0.717, 1.165) is 5.56 Å². The van der Waals surface area contributed by atoms with Crippen LogP contribution in [-0.2, 0) is 14.3 Å². The lowest BCUT2D eigenvalue weighted by molar-refractivity contribution is -0.159. The molecule has 0 fully saturated rings. The smallest absolute Gasteiger partial charge is 0.347 e. The van der Waals surface area contributed by atoms with E-state index in [0.29, 0.717) is 17.0 Å². The maximum absolute atomic E-state index is 12.2. The summed E-state index contributed by atoms with van der Waals surface area (Å²) in [6, 6.07) is 13.8. The van der Waals surface area contributed by atoms with Crippen LogP contribution in [0, 0.1) is 6.92 Å². The predicted octanol–water partition coefficient (Wildman–Crippen LogP) is 3.54. The maximum Gasteiger partial charge on any atom is 0.347 e. The highest BCUT2D eigenvalue weighted by molar-refractivity contribution is 5.97. The van der Waals surface area contributed by atoms with Gasteiger partial charge in [-0.2, -0.15) is 0 Å². The van der Waals surface area contributed by atoms with Gasteiger partial charge in [-0.3, -0.25) is 9.59 Å². The second-order valence-corrected chi connectivity index (χ2v) is 6.28. The Labute approximate surface area is 158 Å². The van der Waals surface area contributed by atoms with Crippen molar-refractivity contribution >= 4 is 23.3 Å². The molecule has 0 saturated carbocycles. The van der Waals surface area contributed by atoms with Crippen molar-refractivity contribution in [3.8, 4) is 5.75 Å². The number of anilines is 1. The van der Waals surface area contributed by atoms with Crippen LogP contribution in [-0.4, -0.2) is 29.9 Å². The molecule has 2 rings (SSSR count). The molecule has 0 radical (unpaired) electrons. The second kappa shape index (κ2) is 8.98. The number of esters is 1. The molecule has 0 aliphatic rings. The topological polar surface area (TPSA) is 81.7 Å². The summed E-state index contributed by atoms with van der Waals surface area (Å²) in [5.41, 5.74) is 2.07. The van der Waals surface area contributed by atoms with Crippen molar-refractivity contribution in [3.63, 3.8) is 0 Å². The van der Waals surface area contributed by atoms with E-state index in [1.54, 1.807) is 37.3 Å². The number of hydrogen-bond donors (Lipinski definition) is 1. The standard InChI is InChI=1S/C21H23NO5/c1-13-6-5-7-19(12-13)26-16(4)21(25)27-15(3)20(24)22-18-10-8-17(9-11-18)14(2)23/h5-12,15-16H,1-4H3,(H,22,24)/t15-,16+/m1/s1. The third-order valence-corrected chi connectivity index (χ3v) is 3.86. The first kappa shape index (κ1) is 20.2. The summed E-state index contributed by atoms with van der Waals surface area (Å²) in [4.78, 5) is 35.6. The fraction of sp³-hybridized carbons (Fsp3) is 0.286. The predicted molar refractivity (Wildman–Crippen MR) is 102 cm³/mol. The van der Waals surface area contributed by atoms with E-state index in [2.05, 4.69) is 5.32 Å². The SMILES string of the molecule is CC(=O)c1ccc(NC(=O)[C@@H](C)OC(=O)[C@H](C)Oc2cccc(C)c2)cc1. The highest BCUT2D eigenvalue weighted by Gasteiger charge is 2.23. The quantitative estimate of drug-likeness (QED) is 0.596. The normalized spacial score (nSPS) is 12.6. The molecule has 6 heteroatoms. The summed E-state index contributed by atoms with van der Waals surface area (Å²) in [5.74, 6) is -0.604. The highest BCUT2D eigenvalue weighted by atomic mass is 16.6. The molecule has 2 aromatic carbocycles. The first-order valence-electron chi connectivity index (χ1n) is 8.62. The van der Waals surface area contributed by atoms with E-state index in [4.69, 9.17) is 9.47 Å². The van der Waals surface area contributed by atoms with Crippen LogP contribution in [0.15, 0.2) is 48.5 Å². The largest absolute Gasteiger partial charge is 0.479 e. The van der Waals surface area contributed by atoms with Gasteiger partial charge in [0.1, 0.15) is 5.75 Å². The van der Waals surface area contributed by atoms with Gasteiger partial charge < -0.3 is 14.8 Å². The second-order valence-electron chi connectivity index (χ2n) is 6.28. The molecule has 0 aliphatic heterocycles. The number of Topliss-reactive ketones (excluding diaryl/α,β-unsaturated/α-hetero) is 1. The minimum Gasteiger partial charge on any atom is -0.479 e. The Balaban J connectivity index is 1.88. The van der Waals surface area contributed by atoms with E-state index in [1.165, 1.54) is 13.8 Å².